The number of hydrogen-bond acceptors (Lipinski definition) is 1. The molecule has 1 aromatic heterocycles. The molecule has 2 nitrogen and oxygen atoms in total. The molecule has 0 aliphatic rings. The number of rotatable bonds is 2. The highest BCUT2D eigenvalue weighted by Gasteiger charge is 2.12. The smallest absolute Gasteiger partial charge is 0.182 e. The van der Waals surface area contributed by atoms with Crippen molar-refractivity contribution in [2.24, 2.45) is 0 Å². The molecule has 0 amide bonds. The number of hydrogen-bond donors (Lipinski definition) is 1. The molecule has 0 atom stereocenters. The van der Waals surface area contributed by atoms with Gasteiger partial charge in [-0.15, -0.1) is 0 Å². The molecule has 0 saturated heterocycles. The quantitative estimate of drug-likeness (QED) is 0.762. The first-order chi connectivity index (χ1) is 8.00. The van der Waals surface area contributed by atoms with Gasteiger partial charge >= 0.3 is 0 Å². The first-order valence-electron chi connectivity index (χ1n) is 5.26. The normalized spacial score (nSPS) is 11.1. The van der Waals surface area contributed by atoms with Crippen LogP contribution in [0.5, 0.6) is 0 Å². The molecule has 2 rings (SSSR count). The minimum absolute atomic E-state index is 0.373. The van der Waals surface area contributed by atoms with Gasteiger partial charge in [-0.25, -0.2) is 0 Å². The van der Waals surface area contributed by atoms with Crippen LogP contribution in [0, 0.1) is 4.77 Å². The summed E-state index contributed by atoms with van der Waals surface area (Å²) in [5.41, 5.74) is 2.02. The van der Waals surface area contributed by atoms with E-state index < -0.39 is 0 Å². The standard InChI is InChI=1S/C12H12BrClN2S/c1-7(2)11-6-15-12(17)16(11)10-5-8(13)3-4-9(10)14/h3-7H,1-2H3,(H,15,17). The summed E-state index contributed by atoms with van der Waals surface area (Å²) >= 11 is 15.0. The first-order valence-corrected chi connectivity index (χ1v) is 6.84. The second-order valence-corrected chi connectivity index (χ2v) is 5.81. The van der Waals surface area contributed by atoms with Crippen molar-refractivity contribution in [2.75, 3.05) is 0 Å². The second-order valence-electron chi connectivity index (χ2n) is 4.10. The topological polar surface area (TPSA) is 20.7 Å². The Kier molecular flexibility index (Phi) is 3.76. The summed E-state index contributed by atoms with van der Waals surface area (Å²) in [5, 5.41) is 0.686. The first kappa shape index (κ1) is 12.9. The Labute approximate surface area is 119 Å². The molecule has 0 aliphatic carbocycles. The minimum Gasteiger partial charge on any atom is -0.337 e. The molecule has 0 fully saturated rings. The zero-order valence-electron chi connectivity index (χ0n) is 9.50. The Morgan fingerprint density at radius 2 is 2.12 bits per heavy atom. The van der Waals surface area contributed by atoms with Gasteiger partial charge in [-0.1, -0.05) is 41.4 Å². The predicted octanol–water partition coefficient (Wildman–Crippen LogP) is 5.07. The van der Waals surface area contributed by atoms with Crippen LogP contribution in [-0.2, 0) is 0 Å². The van der Waals surface area contributed by atoms with E-state index in [-0.39, 0.29) is 0 Å². The van der Waals surface area contributed by atoms with Gasteiger partial charge < -0.3 is 4.98 Å². The fourth-order valence-corrected chi connectivity index (χ4v) is 2.53. The number of nitrogens with zero attached hydrogens (tertiary/aromatic N) is 1. The van der Waals surface area contributed by atoms with Crippen molar-refractivity contribution in [3.05, 3.63) is 44.4 Å². The molecule has 1 N–H and O–H groups in total. The molecule has 5 heteroatoms. The third-order valence-electron chi connectivity index (χ3n) is 2.55. The largest absolute Gasteiger partial charge is 0.337 e. The lowest BCUT2D eigenvalue weighted by molar-refractivity contribution is 0.783. The van der Waals surface area contributed by atoms with E-state index in [0.717, 1.165) is 15.9 Å². The molecule has 0 radical (unpaired) electrons. The molecule has 17 heavy (non-hydrogen) atoms. The zero-order chi connectivity index (χ0) is 12.6. The molecule has 1 heterocycles. The van der Waals surface area contributed by atoms with Gasteiger partial charge in [-0.2, -0.15) is 0 Å². The molecule has 1 aromatic carbocycles. The summed E-state index contributed by atoms with van der Waals surface area (Å²) in [4.78, 5) is 3.07. The molecular weight excluding hydrogens is 320 g/mol. The highest BCUT2D eigenvalue weighted by Crippen LogP contribution is 2.28. The van der Waals surface area contributed by atoms with Crippen molar-refractivity contribution < 1.29 is 0 Å². The summed E-state index contributed by atoms with van der Waals surface area (Å²) in [6.07, 6.45) is 1.93. The van der Waals surface area contributed by atoms with Crippen molar-refractivity contribution in [3.8, 4) is 5.69 Å². The van der Waals surface area contributed by atoms with Crippen molar-refractivity contribution >= 4 is 39.7 Å². The highest BCUT2D eigenvalue weighted by atomic mass is 79.9. The molecule has 0 spiro atoms. The zero-order valence-corrected chi connectivity index (χ0v) is 12.7. The average Bonchev–Trinajstić information content (AvgIpc) is 2.64. The van der Waals surface area contributed by atoms with E-state index in [1.165, 1.54) is 0 Å². The van der Waals surface area contributed by atoms with Crippen LogP contribution < -0.4 is 0 Å². The Hall–Kier alpha value is -0.580. The van der Waals surface area contributed by atoms with E-state index in [2.05, 4.69) is 34.8 Å². The fourth-order valence-electron chi connectivity index (χ4n) is 1.71. The van der Waals surface area contributed by atoms with Crippen LogP contribution in [0.15, 0.2) is 28.9 Å². The number of imidazole rings is 1. The van der Waals surface area contributed by atoms with Gasteiger partial charge in [0.1, 0.15) is 0 Å². The SMILES string of the molecule is CC(C)c1c[nH]c(=S)n1-c1cc(Br)ccc1Cl. The molecule has 0 saturated carbocycles. The van der Waals surface area contributed by atoms with Crippen molar-refractivity contribution in [3.63, 3.8) is 0 Å². The van der Waals surface area contributed by atoms with Crippen LogP contribution in [0.1, 0.15) is 25.5 Å². The van der Waals surface area contributed by atoms with E-state index in [4.69, 9.17) is 23.8 Å². The molecule has 0 unspecified atom stereocenters. The third kappa shape index (κ3) is 2.49. The summed E-state index contributed by atoms with van der Waals surface area (Å²) in [6, 6.07) is 5.74. The number of aromatic amines is 1. The van der Waals surface area contributed by atoms with Crippen LogP contribution in [0.2, 0.25) is 5.02 Å². The molecular formula is C12H12BrClN2S. The van der Waals surface area contributed by atoms with E-state index in [0.29, 0.717) is 15.7 Å². The third-order valence-corrected chi connectivity index (χ3v) is 3.66. The van der Waals surface area contributed by atoms with Crippen LogP contribution in [0.3, 0.4) is 0 Å². The number of benzene rings is 1. The number of nitrogens with one attached hydrogen (secondary N) is 1. The van der Waals surface area contributed by atoms with Crippen molar-refractivity contribution in [1.82, 2.24) is 9.55 Å². The average molecular weight is 332 g/mol. The molecule has 90 valence electrons. The van der Waals surface area contributed by atoms with E-state index in [1.54, 1.807) is 0 Å². The van der Waals surface area contributed by atoms with Gasteiger partial charge in [-0.3, -0.25) is 4.57 Å². The Morgan fingerprint density at radius 1 is 1.41 bits per heavy atom. The summed E-state index contributed by atoms with van der Waals surface area (Å²) in [6.45, 7) is 4.25. The van der Waals surface area contributed by atoms with Crippen molar-refractivity contribution in [1.29, 1.82) is 0 Å². The number of aromatic nitrogens is 2. The molecule has 2 aromatic rings. The monoisotopic (exact) mass is 330 g/mol. The van der Waals surface area contributed by atoms with Gasteiger partial charge in [0.2, 0.25) is 0 Å². The fraction of sp³-hybridized carbons (Fsp3) is 0.250. The van der Waals surface area contributed by atoms with E-state index in [1.807, 2.05) is 29.0 Å². The lowest BCUT2D eigenvalue weighted by atomic mass is 10.1. The summed E-state index contributed by atoms with van der Waals surface area (Å²) in [7, 11) is 0. The minimum atomic E-state index is 0.373. The molecule has 0 bridgehead atoms. The van der Waals surface area contributed by atoms with Gasteiger partial charge in [0, 0.05) is 16.4 Å². The lowest BCUT2D eigenvalue weighted by Gasteiger charge is -2.12. The van der Waals surface area contributed by atoms with E-state index >= 15 is 0 Å². The maximum absolute atomic E-state index is 6.23. The number of halogens is 2. The maximum Gasteiger partial charge on any atom is 0.182 e. The maximum atomic E-state index is 6.23. The van der Waals surface area contributed by atoms with Gasteiger partial charge in [0.25, 0.3) is 0 Å². The second kappa shape index (κ2) is 4.96. The van der Waals surface area contributed by atoms with Crippen LogP contribution in [0.4, 0.5) is 0 Å². The Morgan fingerprint density at radius 3 is 2.76 bits per heavy atom. The summed E-state index contributed by atoms with van der Waals surface area (Å²) in [5.74, 6) is 0.373. The predicted molar refractivity (Wildman–Crippen MR) is 77.8 cm³/mol. The van der Waals surface area contributed by atoms with Gasteiger partial charge in [0.15, 0.2) is 4.77 Å². The van der Waals surface area contributed by atoms with Gasteiger partial charge in [0.05, 0.1) is 10.7 Å². The Bertz CT molecular complexity index is 601. The number of H-pyrrole nitrogens is 1. The van der Waals surface area contributed by atoms with Crippen molar-refractivity contribution in [2.45, 2.75) is 19.8 Å². The van der Waals surface area contributed by atoms with Crippen LogP contribution in [-0.4, -0.2) is 9.55 Å². The van der Waals surface area contributed by atoms with E-state index in [9.17, 15) is 0 Å². The summed E-state index contributed by atoms with van der Waals surface area (Å²) < 4.78 is 3.62. The molecule has 0 aliphatic heterocycles. The van der Waals surface area contributed by atoms with Gasteiger partial charge in [-0.05, 0) is 36.3 Å². The van der Waals surface area contributed by atoms with Crippen LogP contribution in [0.25, 0.3) is 5.69 Å². The highest BCUT2D eigenvalue weighted by molar-refractivity contribution is 9.10. The Balaban J connectivity index is 2.72. The van der Waals surface area contributed by atoms with Crippen LogP contribution >= 0.6 is 39.7 Å². The lowest BCUT2D eigenvalue weighted by Crippen LogP contribution is -2.02.